The SMILES string of the molecule is NCc1ccc(N2CCC3(CC2)OCCO3)c(F)c1F. The normalized spacial score (nSPS) is 21.6. The van der Waals surface area contributed by atoms with E-state index in [9.17, 15) is 8.78 Å². The van der Waals surface area contributed by atoms with Gasteiger partial charge in [0.15, 0.2) is 17.4 Å². The molecule has 1 aromatic rings. The Morgan fingerprint density at radius 1 is 1.10 bits per heavy atom. The van der Waals surface area contributed by atoms with Crippen molar-refractivity contribution in [3.63, 3.8) is 0 Å². The number of nitrogens with zero attached hydrogens (tertiary/aromatic N) is 1. The summed E-state index contributed by atoms with van der Waals surface area (Å²) < 4.78 is 39.1. The standard InChI is InChI=1S/C14H18F2N2O2/c15-12-10(9-17)1-2-11(13(12)16)18-5-3-14(4-6-18)19-7-8-20-14/h1-2H,3-9,17H2. The molecule has 0 unspecified atom stereocenters. The summed E-state index contributed by atoms with van der Waals surface area (Å²) in [6.45, 7) is 2.37. The first-order valence-corrected chi connectivity index (χ1v) is 6.85. The van der Waals surface area contributed by atoms with Crippen LogP contribution in [0.25, 0.3) is 0 Å². The van der Waals surface area contributed by atoms with Gasteiger partial charge in [0.25, 0.3) is 0 Å². The molecule has 2 aliphatic heterocycles. The van der Waals surface area contributed by atoms with Crippen LogP contribution in [-0.2, 0) is 16.0 Å². The lowest BCUT2D eigenvalue weighted by atomic mass is 10.0. The molecule has 2 saturated heterocycles. The van der Waals surface area contributed by atoms with Gasteiger partial charge in [0.2, 0.25) is 0 Å². The maximum absolute atomic E-state index is 14.1. The van der Waals surface area contributed by atoms with Crippen molar-refractivity contribution in [2.45, 2.75) is 25.2 Å². The molecule has 3 rings (SSSR count). The predicted octanol–water partition coefficient (Wildman–Crippen LogP) is 1.77. The highest BCUT2D eigenvalue weighted by Gasteiger charge is 2.40. The lowest BCUT2D eigenvalue weighted by Crippen LogP contribution is -2.45. The van der Waals surface area contributed by atoms with Crippen LogP contribution in [0.1, 0.15) is 18.4 Å². The minimum absolute atomic E-state index is 0.00613. The van der Waals surface area contributed by atoms with Gasteiger partial charge < -0.3 is 20.1 Å². The molecule has 20 heavy (non-hydrogen) atoms. The molecule has 0 radical (unpaired) electrons. The van der Waals surface area contributed by atoms with E-state index >= 15 is 0 Å². The largest absolute Gasteiger partial charge is 0.369 e. The Morgan fingerprint density at radius 2 is 1.75 bits per heavy atom. The van der Waals surface area contributed by atoms with Crippen LogP contribution in [0, 0.1) is 11.6 Å². The van der Waals surface area contributed by atoms with Gasteiger partial charge in [-0.25, -0.2) is 8.78 Å². The maximum Gasteiger partial charge on any atom is 0.182 e. The average molecular weight is 284 g/mol. The molecule has 2 heterocycles. The quantitative estimate of drug-likeness (QED) is 0.899. The Morgan fingerprint density at radius 3 is 2.35 bits per heavy atom. The predicted molar refractivity (Wildman–Crippen MR) is 70.3 cm³/mol. The van der Waals surface area contributed by atoms with Crippen molar-refractivity contribution in [3.05, 3.63) is 29.3 Å². The first-order chi connectivity index (χ1) is 9.65. The van der Waals surface area contributed by atoms with Crippen molar-refractivity contribution >= 4 is 5.69 Å². The third-order valence-corrected chi connectivity index (χ3v) is 4.04. The topological polar surface area (TPSA) is 47.7 Å². The van der Waals surface area contributed by atoms with E-state index in [-0.39, 0.29) is 17.8 Å². The minimum Gasteiger partial charge on any atom is -0.369 e. The van der Waals surface area contributed by atoms with Gasteiger partial charge in [-0.05, 0) is 6.07 Å². The third kappa shape index (κ3) is 2.28. The van der Waals surface area contributed by atoms with Gasteiger partial charge in [0.1, 0.15) is 0 Å². The number of hydrogen-bond acceptors (Lipinski definition) is 4. The molecule has 4 nitrogen and oxygen atoms in total. The molecule has 110 valence electrons. The number of rotatable bonds is 2. The monoisotopic (exact) mass is 284 g/mol. The Balaban J connectivity index is 1.76. The van der Waals surface area contributed by atoms with Crippen LogP contribution in [0.4, 0.5) is 14.5 Å². The zero-order chi connectivity index (χ0) is 14.2. The van der Waals surface area contributed by atoms with E-state index in [1.165, 1.54) is 0 Å². The van der Waals surface area contributed by atoms with Gasteiger partial charge in [0, 0.05) is 38.0 Å². The molecule has 0 bridgehead atoms. The number of benzene rings is 1. The highest BCUT2D eigenvalue weighted by molar-refractivity contribution is 5.50. The van der Waals surface area contributed by atoms with Crippen LogP contribution in [-0.4, -0.2) is 32.1 Å². The molecule has 0 atom stereocenters. The summed E-state index contributed by atoms with van der Waals surface area (Å²) in [6.07, 6.45) is 1.32. The van der Waals surface area contributed by atoms with Crippen LogP contribution in [0.3, 0.4) is 0 Å². The summed E-state index contributed by atoms with van der Waals surface area (Å²) in [4.78, 5) is 1.83. The van der Waals surface area contributed by atoms with E-state index in [0.29, 0.717) is 39.1 Å². The van der Waals surface area contributed by atoms with Crippen LogP contribution < -0.4 is 10.6 Å². The number of piperidine rings is 1. The van der Waals surface area contributed by atoms with Crippen molar-refractivity contribution in [1.82, 2.24) is 0 Å². The molecule has 0 aromatic heterocycles. The van der Waals surface area contributed by atoms with Crippen molar-refractivity contribution in [1.29, 1.82) is 0 Å². The van der Waals surface area contributed by atoms with E-state index < -0.39 is 17.4 Å². The highest BCUT2D eigenvalue weighted by Crippen LogP contribution is 2.34. The second-order valence-electron chi connectivity index (χ2n) is 5.17. The zero-order valence-corrected chi connectivity index (χ0v) is 11.2. The van der Waals surface area contributed by atoms with Crippen molar-refractivity contribution < 1.29 is 18.3 Å². The van der Waals surface area contributed by atoms with E-state index in [1.807, 2.05) is 4.90 Å². The van der Waals surface area contributed by atoms with Crippen LogP contribution >= 0.6 is 0 Å². The Bertz CT molecular complexity index is 494. The summed E-state index contributed by atoms with van der Waals surface area (Å²) >= 11 is 0. The molecule has 1 spiro atoms. The lowest BCUT2D eigenvalue weighted by Gasteiger charge is -2.38. The van der Waals surface area contributed by atoms with Gasteiger partial charge in [-0.1, -0.05) is 6.07 Å². The molecule has 0 saturated carbocycles. The first kappa shape index (κ1) is 13.7. The van der Waals surface area contributed by atoms with Crippen LogP contribution in [0.5, 0.6) is 0 Å². The first-order valence-electron chi connectivity index (χ1n) is 6.85. The number of hydrogen-bond donors (Lipinski definition) is 1. The fourth-order valence-corrected chi connectivity index (χ4v) is 2.86. The molecule has 2 fully saturated rings. The lowest BCUT2D eigenvalue weighted by molar-refractivity contribution is -0.169. The van der Waals surface area contributed by atoms with Crippen molar-refractivity contribution in [2.75, 3.05) is 31.2 Å². The fraction of sp³-hybridized carbons (Fsp3) is 0.571. The summed E-state index contributed by atoms with van der Waals surface area (Å²) in [7, 11) is 0. The molecule has 2 aliphatic rings. The average Bonchev–Trinajstić information content (AvgIpc) is 2.92. The van der Waals surface area contributed by atoms with Crippen LogP contribution in [0.15, 0.2) is 12.1 Å². The number of halogens is 2. The van der Waals surface area contributed by atoms with E-state index in [0.717, 1.165) is 0 Å². The fourth-order valence-electron chi connectivity index (χ4n) is 2.86. The van der Waals surface area contributed by atoms with Gasteiger partial charge in [0.05, 0.1) is 18.9 Å². The zero-order valence-electron chi connectivity index (χ0n) is 11.2. The Kier molecular flexibility index (Phi) is 3.62. The van der Waals surface area contributed by atoms with Crippen LogP contribution in [0.2, 0.25) is 0 Å². The van der Waals surface area contributed by atoms with Crippen molar-refractivity contribution in [3.8, 4) is 0 Å². The molecule has 6 heteroatoms. The van der Waals surface area contributed by atoms with Gasteiger partial charge in [-0.3, -0.25) is 0 Å². The van der Waals surface area contributed by atoms with E-state index in [2.05, 4.69) is 0 Å². The minimum atomic E-state index is -0.848. The Labute approximate surface area is 116 Å². The smallest absolute Gasteiger partial charge is 0.182 e. The summed E-state index contributed by atoms with van der Waals surface area (Å²) in [5, 5.41) is 0. The van der Waals surface area contributed by atoms with Gasteiger partial charge >= 0.3 is 0 Å². The number of ether oxygens (including phenoxy) is 2. The molecule has 1 aromatic carbocycles. The Hall–Kier alpha value is -1.24. The number of anilines is 1. The third-order valence-electron chi connectivity index (χ3n) is 4.04. The second kappa shape index (κ2) is 5.27. The van der Waals surface area contributed by atoms with E-state index in [1.54, 1.807) is 12.1 Å². The highest BCUT2D eigenvalue weighted by atomic mass is 19.2. The summed E-state index contributed by atoms with van der Waals surface area (Å²) in [5.41, 5.74) is 5.85. The van der Waals surface area contributed by atoms with E-state index in [4.69, 9.17) is 15.2 Å². The van der Waals surface area contributed by atoms with Crippen molar-refractivity contribution in [2.24, 2.45) is 5.73 Å². The van der Waals surface area contributed by atoms with Gasteiger partial charge in [-0.2, -0.15) is 0 Å². The van der Waals surface area contributed by atoms with Gasteiger partial charge in [-0.15, -0.1) is 0 Å². The second-order valence-corrected chi connectivity index (χ2v) is 5.17. The summed E-state index contributed by atoms with van der Waals surface area (Å²) in [5.74, 6) is -2.18. The number of nitrogens with two attached hydrogens (primary N) is 1. The maximum atomic E-state index is 14.1. The molecular weight excluding hydrogens is 266 g/mol. The molecule has 0 aliphatic carbocycles. The summed E-state index contributed by atoms with van der Waals surface area (Å²) in [6, 6.07) is 3.13. The molecule has 0 amide bonds. The molecular formula is C14H18F2N2O2. The molecule has 2 N–H and O–H groups in total.